The highest BCUT2D eigenvalue weighted by Crippen LogP contribution is 2.40. The highest BCUT2D eigenvalue weighted by atomic mass is 32.1. The molecule has 1 fully saturated rings. The van der Waals surface area contributed by atoms with Crippen LogP contribution in [0.3, 0.4) is 0 Å². The average Bonchev–Trinajstić information content (AvgIpc) is 3.37. The molecule has 1 amide bonds. The van der Waals surface area contributed by atoms with Gasteiger partial charge in [-0.25, -0.2) is 9.97 Å². The number of aryl methyl sites for hydroxylation is 2. The summed E-state index contributed by atoms with van der Waals surface area (Å²) in [5.74, 6) is 1.28. The van der Waals surface area contributed by atoms with Crippen molar-refractivity contribution in [2.75, 3.05) is 43.5 Å². The molecule has 2 aliphatic rings. The van der Waals surface area contributed by atoms with Gasteiger partial charge in [-0.3, -0.25) is 9.69 Å². The van der Waals surface area contributed by atoms with Crippen LogP contribution in [0.15, 0.2) is 54.9 Å². The Hall–Kier alpha value is -3.70. The molecule has 0 saturated carbocycles. The van der Waals surface area contributed by atoms with Crippen LogP contribution in [-0.4, -0.2) is 54.1 Å². The predicted octanol–water partition coefficient (Wildman–Crippen LogP) is 6.10. The Bertz CT molecular complexity index is 1530. The molecule has 1 unspecified atom stereocenters. The zero-order valence-electron chi connectivity index (χ0n) is 22.6. The van der Waals surface area contributed by atoms with Gasteiger partial charge in [-0.2, -0.15) is 13.2 Å². The van der Waals surface area contributed by atoms with Crippen LogP contribution in [0.1, 0.15) is 40.5 Å². The van der Waals surface area contributed by atoms with Crippen molar-refractivity contribution in [3.63, 3.8) is 0 Å². The summed E-state index contributed by atoms with van der Waals surface area (Å²) in [7, 11) is 1.56. The highest BCUT2D eigenvalue weighted by Gasteiger charge is 2.34. The molecule has 1 aliphatic carbocycles. The van der Waals surface area contributed by atoms with Crippen molar-refractivity contribution in [2.24, 2.45) is 0 Å². The van der Waals surface area contributed by atoms with E-state index in [-0.39, 0.29) is 5.91 Å². The summed E-state index contributed by atoms with van der Waals surface area (Å²) in [5.41, 5.74) is 1.72. The van der Waals surface area contributed by atoms with Gasteiger partial charge >= 0.3 is 6.18 Å². The minimum atomic E-state index is -4.45. The van der Waals surface area contributed by atoms with E-state index in [4.69, 9.17) is 4.74 Å². The number of anilines is 2. The second-order valence-corrected chi connectivity index (χ2v) is 11.4. The fourth-order valence-electron chi connectivity index (χ4n) is 5.77. The van der Waals surface area contributed by atoms with Crippen LogP contribution in [0.25, 0.3) is 10.2 Å². The van der Waals surface area contributed by atoms with E-state index in [1.807, 2.05) is 4.90 Å². The van der Waals surface area contributed by atoms with Gasteiger partial charge in [0.15, 0.2) is 0 Å². The number of aromatic nitrogens is 2. The molecule has 1 N–H and O–H groups in total. The quantitative estimate of drug-likeness (QED) is 0.297. The molecule has 6 rings (SSSR count). The first-order valence-electron chi connectivity index (χ1n) is 13.7. The van der Waals surface area contributed by atoms with E-state index in [2.05, 4.69) is 20.2 Å². The standard InChI is InChI=1S/C30H30F3N5O2S/c1-40-22-12-10-21(11-13-22)36-28(39)26(19-6-8-20(9-7-19)30(31,32)33)37-14-16-38(17-15-37)27-25-23-4-2-3-5-24(23)41-29(25)35-18-34-27/h6-13,18,26H,2-5,14-17H2,1H3,(H,36,39). The molecule has 3 heterocycles. The van der Waals surface area contributed by atoms with Gasteiger partial charge in [0.05, 0.1) is 18.1 Å². The molecule has 11 heteroatoms. The number of nitrogens with zero attached hydrogens (tertiary/aromatic N) is 4. The van der Waals surface area contributed by atoms with Crippen molar-refractivity contribution in [1.82, 2.24) is 14.9 Å². The van der Waals surface area contributed by atoms with Gasteiger partial charge in [-0.1, -0.05) is 12.1 Å². The van der Waals surface area contributed by atoms with Gasteiger partial charge in [-0.05, 0) is 73.2 Å². The number of fused-ring (bicyclic) bond motifs is 3. The van der Waals surface area contributed by atoms with Crippen molar-refractivity contribution >= 4 is 39.0 Å². The van der Waals surface area contributed by atoms with E-state index >= 15 is 0 Å². The molecule has 41 heavy (non-hydrogen) atoms. The summed E-state index contributed by atoms with van der Waals surface area (Å²) >= 11 is 1.76. The molecule has 1 atom stereocenters. The number of hydrogen-bond acceptors (Lipinski definition) is 7. The maximum Gasteiger partial charge on any atom is 0.416 e. The molecule has 2 aromatic carbocycles. The zero-order chi connectivity index (χ0) is 28.6. The number of alkyl halides is 3. The predicted molar refractivity (Wildman–Crippen MR) is 154 cm³/mol. The number of methoxy groups -OCH3 is 1. The van der Waals surface area contributed by atoms with Gasteiger partial charge in [0.1, 0.15) is 28.8 Å². The van der Waals surface area contributed by atoms with E-state index in [0.29, 0.717) is 43.2 Å². The Morgan fingerprint density at radius 3 is 2.37 bits per heavy atom. The number of thiophene rings is 1. The minimum absolute atomic E-state index is 0.306. The Morgan fingerprint density at radius 2 is 1.68 bits per heavy atom. The van der Waals surface area contributed by atoms with E-state index in [0.717, 1.165) is 41.0 Å². The number of rotatable bonds is 6. The molecule has 1 aliphatic heterocycles. The van der Waals surface area contributed by atoms with Gasteiger partial charge < -0.3 is 15.0 Å². The lowest BCUT2D eigenvalue weighted by atomic mass is 9.97. The summed E-state index contributed by atoms with van der Waals surface area (Å²) < 4.78 is 45.0. The lowest BCUT2D eigenvalue weighted by Crippen LogP contribution is -2.50. The molecule has 0 bridgehead atoms. The third-order valence-corrected chi connectivity index (χ3v) is 9.07. The number of halogens is 3. The van der Waals surface area contributed by atoms with Crippen LogP contribution < -0.4 is 15.0 Å². The number of ether oxygens (including phenoxy) is 1. The second-order valence-electron chi connectivity index (χ2n) is 10.4. The van der Waals surface area contributed by atoms with Crippen LogP contribution >= 0.6 is 11.3 Å². The molecule has 0 spiro atoms. The molecule has 1 saturated heterocycles. The normalized spacial score (nSPS) is 16.8. The number of carbonyl (C=O) groups is 1. The van der Waals surface area contributed by atoms with Crippen molar-refractivity contribution in [2.45, 2.75) is 37.9 Å². The Balaban J connectivity index is 1.25. The lowest BCUT2D eigenvalue weighted by Gasteiger charge is -2.39. The average molecular weight is 582 g/mol. The topological polar surface area (TPSA) is 70.6 Å². The maximum absolute atomic E-state index is 13.7. The summed E-state index contributed by atoms with van der Waals surface area (Å²) in [5, 5.41) is 4.09. The van der Waals surface area contributed by atoms with Gasteiger partial charge in [0.25, 0.3) is 0 Å². The Morgan fingerprint density at radius 1 is 0.976 bits per heavy atom. The fraction of sp³-hybridized carbons (Fsp3) is 0.367. The monoisotopic (exact) mass is 581 g/mol. The number of nitrogens with one attached hydrogen (secondary N) is 1. The van der Waals surface area contributed by atoms with Gasteiger partial charge in [0.2, 0.25) is 5.91 Å². The molecular weight excluding hydrogens is 551 g/mol. The van der Waals surface area contributed by atoms with Crippen molar-refractivity contribution in [3.8, 4) is 5.75 Å². The molecular formula is C30H30F3N5O2S. The zero-order valence-corrected chi connectivity index (χ0v) is 23.4. The van der Waals surface area contributed by atoms with Gasteiger partial charge in [0, 0.05) is 36.7 Å². The number of piperazine rings is 1. The number of hydrogen-bond donors (Lipinski definition) is 1. The van der Waals surface area contributed by atoms with E-state index < -0.39 is 17.8 Å². The Labute approximate surface area is 240 Å². The first-order valence-corrected chi connectivity index (χ1v) is 14.5. The first kappa shape index (κ1) is 27.5. The minimum Gasteiger partial charge on any atom is -0.497 e. The highest BCUT2D eigenvalue weighted by molar-refractivity contribution is 7.19. The van der Waals surface area contributed by atoms with Crippen LogP contribution in [-0.2, 0) is 23.8 Å². The molecule has 7 nitrogen and oxygen atoms in total. The molecule has 214 valence electrons. The first-order chi connectivity index (χ1) is 19.8. The van der Waals surface area contributed by atoms with Crippen molar-refractivity contribution < 1.29 is 22.7 Å². The summed E-state index contributed by atoms with van der Waals surface area (Å²) in [4.78, 5) is 29.6. The fourth-order valence-corrected chi connectivity index (χ4v) is 7.00. The van der Waals surface area contributed by atoms with E-state index in [9.17, 15) is 18.0 Å². The van der Waals surface area contributed by atoms with Crippen LogP contribution in [0.5, 0.6) is 5.75 Å². The van der Waals surface area contributed by atoms with E-state index in [1.165, 1.54) is 35.4 Å². The SMILES string of the molecule is COc1ccc(NC(=O)C(c2ccc(C(F)(F)F)cc2)N2CCN(c3ncnc4sc5c(c34)CCCC5)CC2)cc1. The van der Waals surface area contributed by atoms with Crippen LogP contribution in [0.4, 0.5) is 24.7 Å². The van der Waals surface area contributed by atoms with Crippen molar-refractivity contribution in [3.05, 3.63) is 76.4 Å². The largest absolute Gasteiger partial charge is 0.497 e. The number of carbonyl (C=O) groups excluding carboxylic acids is 1. The number of benzene rings is 2. The summed E-state index contributed by atoms with van der Waals surface area (Å²) in [6.45, 7) is 2.34. The van der Waals surface area contributed by atoms with Crippen molar-refractivity contribution in [1.29, 1.82) is 0 Å². The second kappa shape index (κ2) is 11.3. The third kappa shape index (κ3) is 5.60. The molecule has 2 aromatic heterocycles. The summed E-state index contributed by atoms with van der Waals surface area (Å²) in [6, 6.07) is 11.1. The van der Waals surface area contributed by atoms with Crippen LogP contribution in [0.2, 0.25) is 0 Å². The Kier molecular flexibility index (Phi) is 7.56. The molecule has 0 radical (unpaired) electrons. The molecule has 4 aromatic rings. The maximum atomic E-state index is 13.7. The van der Waals surface area contributed by atoms with Crippen LogP contribution in [0, 0.1) is 0 Å². The number of amides is 1. The van der Waals surface area contributed by atoms with E-state index in [1.54, 1.807) is 49.0 Å². The summed E-state index contributed by atoms with van der Waals surface area (Å²) in [6.07, 6.45) is 1.66. The smallest absolute Gasteiger partial charge is 0.416 e. The third-order valence-electron chi connectivity index (χ3n) is 7.87. The lowest BCUT2D eigenvalue weighted by molar-refractivity contribution is -0.137. The van der Waals surface area contributed by atoms with Gasteiger partial charge in [-0.15, -0.1) is 11.3 Å².